The van der Waals surface area contributed by atoms with Crippen LogP contribution in [0.4, 0.5) is 5.69 Å². The summed E-state index contributed by atoms with van der Waals surface area (Å²) in [6.45, 7) is 7.77. The van der Waals surface area contributed by atoms with Crippen molar-refractivity contribution in [1.82, 2.24) is 15.2 Å². The second kappa shape index (κ2) is 10.1. The van der Waals surface area contributed by atoms with Gasteiger partial charge in [-0.05, 0) is 50.3 Å². The summed E-state index contributed by atoms with van der Waals surface area (Å²) in [7, 11) is 0. The van der Waals surface area contributed by atoms with Crippen LogP contribution in [0.1, 0.15) is 49.6 Å². The number of ether oxygens (including phenoxy) is 1. The molecule has 2 heterocycles. The molecule has 1 atom stereocenters. The van der Waals surface area contributed by atoms with Crippen LogP contribution < -0.4 is 9.64 Å². The molecule has 1 aliphatic rings. The predicted molar refractivity (Wildman–Crippen MR) is 135 cm³/mol. The number of amides is 1. The summed E-state index contributed by atoms with van der Waals surface area (Å²) in [5.41, 5.74) is 5.09. The zero-order chi connectivity index (χ0) is 23.5. The smallest absolute Gasteiger partial charge is 0.247 e. The lowest BCUT2D eigenvalue weighted by atomic mass is 10.00. The summed E-state index contributed by atoms with van der Waals surface area (Å²) >= 11 is 3.25. The third-order valence-corrected chi connectivity index (χ3v) is 7.17. The second-order valence-corrected chi connectivity index (χ2v) is 10.0. The maximum absolute atomic E-state index is 13.0. The van der Waals surface area contributed by atoms with Gasteiger partial charge in [-0.2, -0.15) is 4.98 Å². The zero-order valence-corrected chi connectivity index (χ0v) is 21.2. The van der Waals surface area contributed by atoms with E-state index < -0.39 is 6.23 Å². The van der Waals surface area contributed by atoms with Crippen LogP contribution in [0.5, 0.6) is 5.88 Å². The van der Waals surface area contributed by atoms with E-state index >= 15 is 0 Å². The minimum absolute atomic E-state index is 0.111. The van der Waals surface area contributed by atoms with Gasteiger partial charge < -0.3 is 4.74 Å². The number of nitrogens with zero attached hydrogens (tertiary/aromatic N) is 4. The highest BCUT2D eigenvalue weighted by Gasteiger charge is 2.35. The van der Waals surface area contributed by atoms with Crippen LogP contribution in [0.15, 0.2) is 46.5 Å². The maximum Gasteiger partial charge on any atom is 0.247 e. The lowest BCUT2D eigenvalue weighted by molar-refractivity contribution is -0.118. The molecule has 0 saturated carbocycles. The lowest BCUT2D eigenvalue weighted by Crippen LogP contribution is -2.36. The van der Waals surface area contributed by atoms with Gasteiger partial charge in [-0.3, -0.25) is 9.69 Å². The number of hydrogen-bond acceptors (Lipinski definition) is 7. The highest BCUT2D eigenvalue weighted by molar-refractivity contribution is 7.99. The van der Waals surface area contributed by atoms with Crippen molar-refractivity contribution in [2.45, 2.75) is 56.8 Å². The fraction of sp³-hybridized carbons (Fsp3) is 0.360. The van der Waals surface area contributed by atoms with E-state index in [4.69, 9.17) is 9.72 Å². The van der Waals surface area contributed by atoms with Gasteiger partial charge in [0.15, 0.2) is 5.69 Å². The van der Waals surface area contributed by atoms with Crippen LogP contribution in [-0.2, 0) is 4.79 Å². The largest absolute Gasteiger partial charge is 0.447 e. The number of hydrogen-bond donors (Lipinski definition) is 0. The summed E-state index contributed by atoms with van der Waals surface area (Å²) in [5.74, 6) is 1.21. The Labute approximate surface area is 203 Å². The molecule has 1 unspecified atom stereocenters. The van der Waals surface area contributed by atoms with Crippen LogP contribution in [0.25, 0.3) is 11.3 Å². The Morgan fingerprint density at radius 1 is 1.15 bits per heavy atom. The molecular formula is C25H28N4O2S2. The number of unbranched alkanes of at least 4 members (excludes halogenated alkanes) is 1. The van der Waals surface area contributed by atoms with Gasteiger partial charge in [-0.15, -0.1) is 22.0 Å². The Bertz CT molecular complexity index is 1170. The summed E-state index contributed by atoms with van der Waals surface area (Å²) < 4.78 is 6.49. The van der Waals surface area contributed by atoms with Crippen molar-refractivity contribution in [3.05, 3.63) is 53.1 Å². The minimum Gasteiger partial charge on any atom is -0.447 e. The van der Waals surface area contributed by atoms with Crippen molar-refractivity contribution < 1.29 is 9.53 Å². The number of thioether (sulfide) groups is 2. The fourth-order valence-electron chi connectivity index (χ4n) is 3.96. The highest BCUT2D eigenvalue weighted by atomic mass is 32.2. The lowest BCUT2D eigenvalue weighted by Gasteiger charge is -2.31. The van der Waals surface area contributed by atoms with Crippen molar-refractivity contribution in [2.24, 2.45) is 0 Å². The molecule has 0 bridgehead atoms. The van der Waals surface area contributed by atoms with E-state index in [9.17, 15) is 4.79 Å². The molecule has 1 amide bonds. The molecule has 33 heavy (non-hydrogen) atoms. The van der Waals surface area contributed by atoms with Gasteiger partial charge in [0.2, 0.25) is 23.2 Å². The first-order valence-corrected chi connectivity index (χ1v) is 13.2. The van der Waals surface area contributed by atoms with Gasteiger partial charge >= 0.3 is 0 Å². The predicted octanol–water partition coefficient (Wildman–Crippen LogP) is 6.21. The molecule has 1 aliphatic heterocycles. The summed E-state index contributed by atoms with van der Waals surface area (Å²) in [6.07, 6.45) is 3.56. The maximum atomic E-state index is 13.0. The first kappa shape index (κ1) is 23.6. The molecule has 0 N–H and O–H groups in total. The first-order chi connectivity index (χ1) is 15.9. The first-order valence-electron chi connectivity index (χ1n) is 11.0. The molecule has 0 radical (unpaired) electrons. The van der Waals surface area contributed by atoms with Crippen molar-refractivity contribution in [2.75, 3.05) is 16.9 Å². The van der Waals surface area contributed by atoms with Crippen LogP contribution in [0.3, 0.4) is 0 Å². The van der Waals surface area contributed by atoms with Gasteiger partial charge in [-0.1, -0.05) is 48.9 Å². The highest BCUT2D eigenvalue weighted by Crippen LogP contribution is 2.45. The molecule has 2 aromatic carbocycles. The number of anilines is 1. The molecule has 0 saturated heterocycles. The van der Waals surface area contributed by atoms with E-state index in [2.05, 4.69) is 23.2 Å². The molecule has 8 heteroatoms. The van der Waals surface area contributed by atoms with Crippen molar-refractivity contribution in [3.8, 4) is 17.1 Å². The molecule has 3 aromatic rings. The Morgan fingerprint density at radius 3 is 2.58 bits per heavy atom. The van der Waals surface area contributed by atoms with Crippen LogP contribution in [-0.4, -0.2) is 33.1 Å². The summed E-state index contributed by atoms with van der Waals surface area (Å²) in [6, 6.07) is 12.2. The van der Waals surface area contributed by atoms with Gasteiger partial charge in [-0.25, -0.2) is 0 Å². The van der Waals surface area contributed by atoms with E-state index in [1.54, 1.807) is 35.3 Å². The number of fused-ring (bicyclic) bond motifs is 3. The Hall–Kier alpha value is -2.58. The molecule has 172 valence electrons. The molecular weight excluding hydrogens is 452 g/mol. The summed E-state index contributed by atoms with van der Waals surface area (Å²) in [4.78, 5) is 20.6. The van der Waals surface area contributed by atoms with Crippen molar-refractivity contribution in [3.63, 3.8) is 0 Å². The third-order valence-electron chi connectivity index (χ3n) is 5.50. The van der Waals surface area contributed by atoms with Crippen molar-refractivity contribution >= 4 is 35.1 Å². The molecule has 0 aliphatic carbocycles. The molecule has 1 aromatic heterocycles. The normalized spacial score (nSPS) is 14.8. The number of carbonyl (C=O) groups is 1. The topological polar surface area (TPSA) is 68.2 Å². The average molecular weight is 481 g/mol. The third kappa shape index (κ3) is 4.87. The van der Waals surface area contributed by atoms with E-state index in [0.717, 1.165) is 51.4 Å². The Balaban J connectivity index is 1.90. The minimum atomic E-state index is -0.662. The number of benzene rings is 2. The standard InChI is InChI=1S/C25H28N4O2S2/c1-6-7-12-33-25-26-23-21(27-28-25)20-14-15(2)13-16(3)22(20)29(17(4)30)24(31-23)18-8-10-19(32-5)11-9-18/h8-11,13-14,24H,6-7,12H2,1-5H3. The average Bonchev–Trinajstić information content (AvgIpc) is 2.94. The second-order valence-electron chi connectivity index (χ2n) is 8.06. The number of carbonyl (C=O) groups excluding carboxylic acids is 1. The van der Waals surface area contributed by atoms with Crippen molar-refractivity contribution in [1.29, 1.82) is 0 Å². The van der Waals surface area contributed by atoms with Gasteiger partial charge in [0.1, 0.15) is 0 Å². The Kier molecular flexibility index (Phi) is 7.24. The Morgan fingerprint density at radius 2 is 1.91 bits per heavy atom. The molecule has 4 rings (SSSR count). The van der Waals surface area contributed by atoms with Crippen LogP contribution in [0.2, 0.25) is 0 Å². The number of rotatable bonds is 6. The van der Waals surface area contributed by atoms with Crippen LogP contribution in [0, 0.1) is 13.8 Å². The van der Waals surface area contributed by atoms with Gasteiger partial charge in [0, 0.05) is 28.7 Å². The van der Waals surface area contributed by atoms with E-state index in [-0.39, 0.29) is 5.91 Å². The SMILES string of the molecule is CCCCSc1nnc2c(n1)OC(c1ccc(SC)cc1)N(C(C)=O)c1c(C)cc(C)cc1-2. The fourth-order valence-corrected chi connectivity index (χ4v) is 5.23. The number of aryl methyl sites for hydroxylation is 2. The van der Waals surface area contributed by atoms with E-state index in [1.807, 2.05) is 50.4 Å². The van der Waals surface area contributed by atoms with E-state index in [0.29, 0.717) is 16.7 Å². The molecule has 6 nitrogen and oxygen atoms in total. The number of aromatic nitrogens is 3. The quantitative estimate of drug-likeness (QED) is 0.307. The zero-order valence-electron chi connectivity index (χ0n) is 19.6. The molecule has 0 spiro atoms. The summed E-state index contributed by atoms with van der Waals surface area (Å²) in [5, 5.41) is 9.49. The molecule has 0 fully saturated rings. The van der Waals surface area contributed by atoms with Gasteiger partial charge in [0.05, 0.1) is 5.69 Å². The monoisotopic (exact) mass is 480 g/mol. The van der Waals surface area contributed by atoms with Crippen LogP contribution >= 0.6 is 23.5 Å². The van der Waals surface area contributed by atoms with Gasteiger partial charge in [0.25, 0.3) is 0 Å². The van der Waals surface area contributed by atoms with E-state index in [1.165, 1.54) is 0 Å².